The zero-order valence-electron chi connectivity index (χ0n) is 20.4. The molecule has 0 unspecified atom stereocenters. The number of rotatable bonds is 9. The third kappa shape index (κ3) is 5.35. The highest BCUT2D eigenvalue weighted by molar-refractivity contribution is 7.51. The summed E-state index contributed by atoms with van der Waals surface area (Å²) in [6.07, 6.45) is 5.80. The number of aromatic nitrogens is 4. The third-order valence-electron chi connectivity index (χ3n) is 6.69. The number of carbonyl (C=O) groups excluding carboxylic acids is 1. The number of hydrogen-bond acceptors (Lipinski definition) is 9. The van der Waals surface area contributed by atoms with Crippen LogP contribution < -0.4 is 16.4 Å². The molecule has 1 saturated heterocycles. The highest BCUT2D eigenvalue weighted by Gasteiger charge is 2.55. The predicted molar refractivity (Wildman–Crippen MR) is 130 cm³/mol. The van der Waals surface area contributed by atoms with Crippen molar-refractivity contribution in [3.05, 3.63) is 22.3 Å². The van der Waals surface area contributed by atoms with Gasteiger partial charge in [-0.3, -0.25) is 28.2 Å². The molecule has 1 atom stereocenters. The van der Waals surface area contributed by atoms with Crippen LogP contribution in [0.1, 0.15) is 47.0 Å². The van der Waals surface area contributed by atoms with Gasteiger partial charge in [-0.15, -0.1) is 0 Å². The number of esters is 1. The molecule has 0 aromatic carbocycles. The Labute approximate surface area is 203 Å². The molecular formula is C22H33N6O6P. The molecule has 4 N–H and O–H groups in total. The number of nitrogen functional groups attached to an aromatic ring is 1. The summed E-state index contributed by atoms with van der Waals surface area (Å²) >= 11 is 0. The van der Waals surface area contributed by atoms with Crippen LogP contribution in [0.25, 0.3) is 17.4 Å². The number of anilines is 1. The van der Waals surface area contributed by atoms with Crippen molar-refractivity contribution in [2.75, 3.05) is 25.6 Å². The molecule has 0 bridgehead atoms. The second kappa shape index (κ2) is 9.85. The Balaban J connectivity index is 1.40. The third-order valence-corrected chi connectivity index (χ3v) is 8.22. The molecule has 2 aromatic rings. The second-order valence-corrected chi connectivity index (χ2v) is 11.4. The van der Waals surface area contributed by atoms with Crippen LogP contribution in [0.4, 0.5) is 5.95 Å². The number of carbonyl (C=O) groups is 1. The Morgan fingerprint density at radius 1 is 1.37 bits per heavy atom. The van der Waals surface area contributed by atoms with Crippen molar-refractivity contribution in [2.24, 2.45) is 17.3 Å². The summed E-state index contributed by atoms with van der Waals surface area (Å²) in [6, 6.07) is -0.814. The van der Waals surface area contributed by atoms with Crippen molar-refractivity contribution in [1.82, 2.24) is 24.6 Å². The van der Waals surface area contributed by atoms with Crippen molar-refractivity contribution in [1.29, 1.82) is 0 Å². The molecule has 4 rings (SSSR count). The standard InChI is InChI=1S/C22H33N6O6P/c1-5-14(6-2)9-32-20(30)16(13(3)4)27-35(31)33-10-22(11-34-35)7-15(22)8-28-12-24-17-18(28)25-21(23)26-19(17)29/h8,12-14,16H,5-7,9-11H2,1-4H3,(H,27,31)(H3,23,25,26,29)/b15-8-/t16-,22?,35?/m0/s1. The fourth-order valence-electron chi connectivity index (χ4n) is 4.02. The molecule has 2 aliphatic rings. The molecule has 1 spiro atoms. The highest BCUT2D eigenvalue weighted by Crippen LogP contribution is 2.62. The van der Waals surface area contributed by atoms with E-state index in [2.05, 4.69) is 33.9 Å². The summed E-state index contributed by atoms with van der Waals surface area (Å²) in [5, 5.41) is 2.79. The van der Waals surface area contributed by atoms with E-state index >= 15 is 0 Å². The smallest absolute Gasteiger partial charge is 0.406 e. The topological polar surface area (TPSA) is 163 Å². The van der Waals surface area contributed by atoms with Gasteiger partial charge in [-0.25, -0.2) is 14.6 Å². The largest absolute Gasteiger partial charge is 0.464 e. The van der Waals surface area contributed by atoms with Gasteiger partial charge in [0.15, 0.2) is 11.2 Å². The average Bonchev–Trinajstić information content (AvgIpc) is 3.33. The van der Waals surface area contributed by atoms with Crippen LogP contribution in [-0.4, -0.2) is 51.4 Å². The van der Waals surface area contributed by atoms with Crippen LogP contribution in [0, 0.1) is 17.3 Å². The first-order valence-corrected chi connectivity index (χ1v) is 13.4. The van der Waals surface area contributed by atoms with Gasteiger partial charge >= 0.3 is 13.7 Å². The number of nitrogens with zero attached hydrogens (tertiary/aromatic N) is 3. The van der Waals surface area contributed by atoms with E-state index in [0.29, 0.717) is 24.6 Å². The van der Waals surface area contributed by atoms with Crippen molar-refractivity contribution >= 4 is 37.0 Å². The minimum absolute atomic E-state index is 0.00245. The number of imidazole rings is 1. The summed E-state index contributed by atoms with van der Waals surface area (Å²) in [5.74, 6) is -0.340. The maximum Gasteiger partial charge on any atom is 0.406 e. The lowest BCUT2D eigenvalue weighted by molar-refractivity contribution is -0.148. The predicted octanol–water partition coefficient (Wildman–Crippen LogP) is 2.68. The lowest BCUT2D eigenvalue weighted by Gasteiger charge is -2.32. The Kier molecular flexibility index (Phi) is 7.19. The molecule has 3 heterocycles. The van der Waals surface area contributed by atoms with Crippen LogP contribution in [-0.2, 0) is 23.1 Å². The number of H-pyrrole nitrogens is 1. The van der Waals surface area contributed by atoms with Crippen molar-refractivity contribution in [2.45, 2.75) is 53.0 Å². The lowest BCUT2D eigenvalue weighted by atomic mass is 10.0. The molecule has 1 aliphatic heterocycles. The lowest BCUT2D eigenvalue weighted by Crippen LogP contribution is -2.43. The monoisotopic (exact) mass is 508 g/mol. The van der Waals surface area contributed by atoms with Crippen LogP contribution in [0.5, 0.6) is 0 Å². The SMILES string of the molecule is CCC(CC)COC(=O)[C@@H](NP1(=O)OCC2(CO1)C/C2=C/n1cnc2c(=O)[nH]c(N)nc21)C(C)C. The summed E-state index contributed by atoms with van der Waals surface area (Å²) in [5.41, 5.74) is 6.33. The van der Waals surface area contributed by atoms with Crippen molar-refractivity contribution in [3.63, 3.8) is 0 Å². The Morgan fingerprint density at radius 2 is 2.06 bits per heavy atom. The van der Waals surface area contributed by atoms with Gasteiger partial charge < -0.3 is 10.5 Å². The second-order valence-electron chi connectivity index (χ2n) is 9.59. The molecule has 35 heavy (non-hydrogen) atoms. The molecule has 13 heteroatoms. The van der Waals surface area contributed by atoms with E-state index in [1.165, 1.54) is 6.33 Å². The normalized spacial score (nSPS) is 26.2. The first-order chi connectivity index (χ1) is 16.6. The Morgan fingerprint density at radius 3 is 2.69 bits per heavy atom. The van der Waals surface area contributed by atoms with E-state index in [9.17, 15) is 14.2 Å². The molecule has 0 radical (unpaired) electrons. The van der Waals surface area contributed by atoms with E-state index in [1.807, 2.05) is 20.0 Å². The number of nitrogens with one attached hydrogen (secondary N) is 2. The quantitative estimate of drug-likeness (QED) is 0.339. The van der Waals surface area contributed by atoms with Gasteiger partial charge in [0.25, 0.3) is 5.56 Å². The highest BCUT2D eigenvalue weighted by atomic mass is 31.2. The van der Waals surface area contributed by atoms with Gasteiger partial charge in [0.2, 0.25) is 5.95 Å². The van der Waals surface area contributed by atoms with Gasteiger partial charge in [-0.1, -0.05) is 40.5 Å². The van der Waals surface area contributed by atoms with E-state index in [-0.39, 0.29) is 30.6 Å². The number of hydrogen-bond donors (Lipinski definition) is 3. The molecule has 192 valence electrons. The fraction of sp³-hybridized carbons (Fsp3) is 0.636. The zero-order chi connectivity index (χ0) is 25.4. The Hall–Kier alpha value is -2.53. The first kappa shape index (κ1) is 25.6. The van der Waals surface area contributed by atoms with Gasteiger partial charge in [-0.05, 0) is 23.8 Å². The summed E-state index contributed by atoms with van der Waals surface area (Å²) < 4.78 is 31.7. The zero-order valence-corrected chi connectivity index (χ0v) is 21.3. The van der Waals surface area contributed by atoms with Gasteiger partial charge in [0, 0.05) is 11.6 Å². The number of aromatic amines is 1. The minimum atomic E-state index is -3.70. The van der Waals surface area contributed by atoms with Crippen LogP contribution in [0.3, 0.4) is 0 Å². The molecule has 1 saturated carbocycles. The van der Waals surface area contributed by atoms with Crippen LogP contribution in [0.15, 0.2) is 16.7 Å². The molecule has 1 aliphatic carbocycles. The molecule has 0 amide bonds. The minimum Gasteiger partial charge on any atom is -0.464 e. The van der Waals surface area contributed by atoms with Crippen LogP contribution in [0.2, 0.25) is 0 Å². The van der Waals surface area contributed by atoms with E-state index in [0.717, 1.165) is 18.4 Å². The average molecular weight is 509 g/mol. The van der Waals surface area contributed by atoms with Gasteiger partial charge in [-0.2, -0.15) is 4.98 Å². The van der Waals surface area contributed by atoms with Crippen molar-refractivity contribution < 1.29 is 23.1 Å². The van der Waals surface area contributed by atoms with E-state index < -0.39 is 30.7 Å². The molecule has 12 nitrogen and oxygen atoms in total. The maximum absolute atomic E-state index is 13.2. The Bertz CT molecular complexity index is 1220. The first-order valence-electron chi connectivity index (χ1n) is 11.9. The van der Waals surface area contributed by atoms with Gasteiger partial charge in [0.1, 0.15) is 12.4 Å². The molecule has 2 fully saturated rings. The summed E-state index contributed by atoms with van der Waals surface area (Å²) in [4.78, 5) is 35.3. The number of ether oxygens (including phenoxy) is 1. The molecule has 2 aromatic heterocycles. The summed E-state index contributed by atoms with van der Waals surface area (Å²) in [6.45, 7) is 8.46. The van der Waals surface area contributed by atoms with Crippen LogP contribution >= 0.6 is 7.75 Å². The van der Waals surface area contributed by atoms with Gasteiger partial charge in [0.05, 0.1) is 19.8 Å². The fourth-order valence-corrected chi connectivity index (χ4v) is 5.83. The maximum atomic E-state index is 13.2. The molecular weight excluding hydrogens is 475 g/mol. The summed E-state index contributed by atoms with van der Waals surface area (Å²) in [7, 11) is -3.70. The van der Waals surface area contributed by atoms with Crippen molar-refractivity contribution in [3.8, 4) is 0 Å². The van der Waals surface area contributed by atoms with E-state index in [1.54, 1.807) is 4.57 Å². The number of nitrogens with two attached hydrogens (primary N) is 1. The number of fused-ring (bicyclic) bond motifs is 1. The van der Waals surface area contributed by atoms with E-state index in [4.69, 9.17) is 19.5 Å².